The molecule has 2 N–H and O–H groups in total. The van der Waals surface area contributed by atoms with Gasteiger partial charge in [-0.3, -0.25) is 9.67 Å². The van der Waals surface area contributed by atoms with Gasteiger partial charge in [0.25, 0.3) is 0 Å². The fraction of sp³-hybridized carbons (Fsp3) is 0.333. The summed E-state index contributed by atoms with van der Waals surface area (Å²) in [6, 6.07) is 3.76. The van der Waals surface area contributed by atoms with Gasteiger partial charge in [-0.25, -0.2) is 0 Å². The summed E-state index contributed by atoms with van der Waals surface area (Å²) in [7, 11) is 0. The Morgan fingerprint density at radius 1 is 1.47 bits per heavy atom. The van der Waals surface area contributed by atoms with Crippen LogP contribution in [0.4, 0.5) is 0 Å². The van der Waals surface area contributed by atoms with Crippen LogP contribution in [0, 0.1) is 6.92 Å². The molecule has 0 aliphatic carbocycles. The molecule has 17 heavy (non-hydrogen) atoms. The minimum absolute atomic E-state index is 0.0464. The molecule has 0 aliphatic rings. The number of rotatable bonds is 3. The summed E-state index contributed by atoms with van der Waals surface area (Å²) in [6.07, 6.45) is 5.35. The molecule has 2 atom stereocenters. The molecule has 0 amide bonds. The van der Waals surface area contributed by atoms with Gasteiger partial charge in [-0.1, -0.05) is 17.7 Å². The Balaban J connectivity index is 2.43. The van der Waals surface area contributed by atoms with Gasteiger partial charge in [0, 0.05) is 24.6 Å². The topological polar surface area (TPSA) is 56.7 Å². The van der Waals surface area contributed by atoms with Crippen LogP contribution < -0.4 is 5.73 Å². The zero-order valence-corrected chi connectivity index (χ0v) is 10.6. The number of nitrogens with zero attached hydrogens (tertiary/aromatic N) is 3. The highest BCUT2D eigenvalue weighted by Gasteiger charge is 2.20. The van der Waals surface area contributed by atoms with Crippen molar-refractivity contribution in [3.05, 3.63) is 47.0 Å². The molecular weight excluding hydrogens is 236 g/mol. The standard InChI is InChI=1S/C12H15ClN4/c1-8(14)12(10-4-3-5-15-6-10)17-7-11(13)9(2)16-17/h3-8,12H,14H2,1-2H3. The van der Waals surface area contributed by atoms with Gasteiger partial charge >= 0.3 is 0 Å². The van der Waals surface area contributed by atoms with E-state index in [2.05, 4.69) is 10.1 Å². The largest absolute Gasteiger partial charge is 0.326 e. The second kappa shape index (κ2) is 4.85. The molecule has 2 rings (SSSR count). The Labute approximate surface area is 105 Å². The average molecular weight is 251 g/mol. The molecule has 5 heteroatoms. The molecule has 0 saturated carbocycles. The summed E-state index contributed by atoms with van der Waals surface area (Å²) >= 11 is 6.03. The molecule has 0 radical (unpaired) electrons. The lowest BCUT2D eigenvalue weighted by molar-refractivity contribution is 0.451. The first-order chi connectivity index (χ1) is 8.09. The van der Waals surface area contributed by atoms with Crippen molar-refractivity contribution in [2.75, 3.05) is 0 Å². The third-order valence-corrected chi connectivity index (χ3v) is 3.04. The van der Waals surface area contributed by atoms with Crippen LogP contribution in [0.5, 0.6) is 0 Å². The quantitative estimate of drug-likeness (QED) is 0.908. The van der Waals surface area contributed by atoms with E-state index in [1.807, 2.05) is 26.0 Å². The van der Waals surface area contributed by atoms with Gasteiger partial charge in [0.1, 0.15) is 0 Å². The first kappa shape index (κ1) is 12.1. The molecule has 0 aliphatic heterocycles. The van der Waals surface area contributed by atoms with Crippen LogP contribution in [0.25, 0.3) is 0 Å². The Kier molecular flexibility index (Phi) is 3.45. The normalized spacial score (nSPS) is 14.6. The number of pyridine rings is 1. The maximum atomic E-state index is 6.03. The second-order valence-corrected chi connectivity index (χ2v) is 4.54. The van der Waals surface area contributed by atoms with Crippen molar-refractivity contribution >= 4 is 11.6 Å². The van der Waals surface area contributed by atoms with Crippen LogP contribution in [0.15, 0.2) is 30.7 Å². The molecule has 2 aromatic rings. The molecule has 90 valence electrons. The van der Waals surface area contributed by atoms with E-state index < -0.39 is 0 Å². The number of halogens is 1. The Bertz CT molecular complexity index is 473. The van der Waals surface area contributed by atoms with Crippen LogP contribution in [-0.4, -0.2) is 20.8 Å². The molecule has 4 nitrogen and oxygen atoms in total. The summed E-state index contributed by atoms with van der Waals surface area (Å²) in [6.45, 7) is 3.82. The predicted molar refractivity (Wildman–Crippen MR) is 68.0 cm³/mol. The second-order valence-electron chi connectivity index (χ2n) is 4.13. The zero-order chi connectivity index (χ0) is 12.4. The zero-order valence-electron chi connectivity index (χ0n) is 9.84. The lowest BCUT2D eigenvalue weighted by atomic mass is 10.0. The highest BCUT2D eigenvalue weighted by molar-refractivity contribution is 6.31. The fourth-order valence-electron chi connectivity index (χ4n) is 1.85. The molecule has 2 aromatic heterocycles. The van der Waals surface area contributed by atoms with Crippen molar-refractivity contribution in [1.82, 2.24) is 14.8 Å². The van der Waals surface area contributed by atoms with Gasteiger partial charge in [0.2, 0.25) is 0 Å². The maximum absolute atomic E-state index is 6.03. The van der Waals surface area contributed by atoms with Crippen LogP contribution in [0.2, 0.25) is 5.02 Å². The molecular formula is C12H15ClN4. The summed E-state index contributed by atoms with van der Waals surface area (Å²) in [5.74, 6) is 0. The van der Waals surface area contributed by atoms with Gasteiger partial charge < -0.3 is 5.73 Å². The molecule has 0 saturated heterocycles. The maximum Gasteiger partial charge on any atom is 0.0932 e. The van der Waals surface area contributed by atoms with E-state index in [-0.39, 0.29) is 12.1 Å². The van der Waals surface area contributed by atoms with Crippen LogP contribution in [0.3, 0.4) is 0 Å². The SMILES string of the molecule is Cc1nn(C(c2cccnc2)C(C)N)cc1Cl. The van der Waals surface area contributed by atoms with Gasteiger partial charge in [-0.2, -0.15) is 5.10 Å². The molecule has 0 bridgehead atoms. The van der Waals surface area contributed by atoms with Gasteiger partial charge in [-0.05, 0) is 25.5 Å². The minimum Gasteiger partial charge on any atom is -0.326 e. The number of aryl methyl sites for hydroxylation is 1. The summed E-state index contributed by atoms with van der Waals surface area (Å²) in [4.78, 5) is 4.11. The molecule has 0 aromatic carbocycles. The third kappa shape index (κ3) is 2.48. The van der Waals surface area contributed by atoms with E-state index >= 15 is 0 Å². The van der Waals surface area contributed by atoms with Gasteiger partial charge in [0.15, 0.2) is 0 Å². The lowest BCUT2D eigenvalue weighted by Gasteiger charge is -2.21. The van der Waals surface area contributed by atoms with Crippen LogP contribution in [0.1, 0.15) is 24.2 Å². The van der Waals surface area contributed by atoms with E-state index in [0.717, 1.165) is 11.3 Å². The van der Waals surface area contributed by atoms with E-state index in [1.54, 1.807) is 23.3 Å². The van der Waals surface area contributed by atoms with Crippen LogP contribution in [-0.2, 0) is 0 Å². The average Bonchev–Trinajstić information content (AvgIpc) is 2.60. The van der Waals surface area contributed by atoms with Crippen LogP contribution >= 0.6 is 11.6 Å². The highest BCUT2D eigenvalue weighted by Crippen LogP contribution is 2.23. The molecule has 2 unspecified atom stereocenters. The molecule has 0 fully saturated rings. The van der Waals surface area contributed by atoms with E-state index in [4.69, 9.17) is 17.3 Å². The molecule has 2 heterocycles. The van der Waals surface area contributed by atoms with Crippen molar-refractivity contribution in [3.63, 3.8) is 0 Å². The summed E-state index contributed by atoms with van der Waals surface area (Å²) in [5.41, 5.74) is 7.86. The monoisotopic (exact) mass is 250 g/mol. The van der Waals surface area contributed by atoms with E-state index in [0.29, 0.717) is 5.02 Å². The number of hydrogen-bond acceptors (Lipinski definition) is 3. The smallest absolute Gasteiger partial charge is 0.0932 e. The highest BCUT2D eigenvalue weighted by atomic mass is 35.5. The Morgan fingerprint density at radius 3 is 2.71 bits per heavy atom. The lowest BCUT2D eigenvalue weighted by Crippen LogP contribution is -2.30. The third-order valence-electron chi connectivity index (χ3n) is 2.67. The number of nitrogens with two attached hydrogens (primary N) is 1. The van der Waals surface area contributed by atoms with Crippen molar-refractivity contribution in [3.8, 4) is 0 Å². The number of aromatic nitrogens is 3. The van der Waals surface area contributed by atoms with Crippen molar-refractivity contribution in [2.45, 2.75) is 25.9 Å². The molecule has 0 spiro atoms. The summed E-state index contributed by atoms with van der Waals surface area (Å²) in [5, 5.41) is 5.04. The summed E-state index contributed by atoms with van der Waals surface area (Å²) < 4.78 is 1.80. The van der Waals surface area contributed by atoms with E-state index in [1.165, 1.54) is 0 Å². The first-order valence-corrected chi connectivity index (χ1v) is 5.84. The van der Waals surface area contributed by atoms with Gasteiger partial charge in [0.05, 0.1) is 16.8 Å². The minimum atomic E-state index is -0.0745. The van der Waals surface area contributed by atoms with Crippen molar-refractivity contribution < 1.29 is 0 Å². The van der Waals surface area contributed by atoms with E-state index in [9.17, 15) is 0 Å². The van der Waals surface area contributed by atoms with Crippen molar-refractivity contribution in [1.29, 1.82) is 0 Å². The Morgan fingerprint density at radius 2 is 2.24 bits per heavy atom. The van der Waals surface area contributed by atoms with Gasteiger partial charge in [-0.15, -0.1) is 0 Å². The number of hydrogen-bond donors (Lipinski definition) is 1. The fourth-order valence-corrected chi connectivity index (χ4v) is 1.99. The Hall–Kier alpha value is -1.39. The van der Waals surface area contributed by atoms with Crippen molar-refractivity contribution in [2.24, 2.45) is 5.73 Å². The first-order valence-electron chi connectivity index (χ1n) is 5.46. The predicted octanol–water partition coefficient (Wildman–Crippen LogP) is 2.18.